The van der Waals surface area contributed by atoms with Crippen molar-refractivity contribution in [3.05, 3.63) is 12.7 Å². The second-order valence-electron chi connectivity index (χ2n) is 6.57. The molecule has 1 unspecified atom stereocenters. The maximum absolute atomic E-state index is 11.6. The van der Waals surface area contributed by atoms with Crippen LogP contribution in [0.4, 0.5) is 5.82 Å². The van der Waals surface area contributed by atoms with Crippen LogP contribution in [0.5, 0.6) is 0 Å². The summed E-state index contributed by atoms with van der Waals surface area (Å²) in [5.74, 6) is 0.610. The summed E-state index contributed by atoms with van der Waals surface area (Å²) in [7, 11) is -4.17. The normalized spacial score (nSPS) is 33.3. The molecule has 27 heavy (non-hydrogen) atoms. The number of anilines is 1. The maximum atomic E-state index is 11.6. The summed E-state index contributed by atoms with van der Waals surface area (Å²) in [6, 6.07) is 0. The molecule has 4 heterocycles. The van der Waals surface area contributed by atoms with Crippen molar-refractivity contribution < 1.29 is 28.3 Å². The smallest absolute Gasteiger partial charge is 0.386 e. The molecule has 0 amide bonds. The Hall–Kier alpha value is -1.62. The Kier molecular flexibility index (Phi) is 5.15. The predicted molar refractivity (Wildman–Crippen MR) is 93.9 cm³/mol. The van der Waals surface area contributed by atoms with E-state index >= 15 is 0 Å². The number of nitrogens with one attached hydrogen (secondary N) is 1. The zero-order valence-corrected chi connectivity index (χ0v) is 15.7. The van der Waals surface area contributed by atoms with E-state index in [0.29, 0.717) is 17.0 Å². The highest BCUT2D eigenvalue weighted by atomic mass is 31.2. The van der Waals surface area contributed by atoms with Crippen LogP contribution < -0.4 is 5.32 Å². The van der Waals surface area contributed by atoms with Gasteiger partial charge in [0.05, 0.1) is 12.9 Å². The lowest BCUT2D eigenvalue weighted by molar-refractivity contribution is -0.0664. The van der Waals surface area contributed by atoms with Gasteiger partial charge in [-0.3, -0.25) is 13.6 Å². The van der Waals surface area contributed by atoms with Gasteiger partial charge in [0.1, 0.15) is 24.6 Å². The lowest BCUT2D eigenvalue weighted by atomic mass is 10.1. The van der Waals surface area contributed by atoms with E-state index in [4.69, 9.17) is 13.8 Å². The molecule has 0 bridgehead atoms. The van der Waals surface area contributed by atoms with Crippen LogP contribution in [0, 0.1) is 0 Å². The van der Waals surface area contributed by atoms with Crippen molar-refractivity contribution in [1.82, 2.24) is 19.5 Å². The molecule has 0 spiro atoms. The van der Waals surface area contributed by atoms with Gasteiger partial charge in [-0.25, -0.2) is 19.5 Å². The molecule has 0 aliphatic carbocycles. The number of fused-ring (bicyclic) bond motifs is 2. The zero-order valence-electron chi connectivity index (χ0n) is 14.8. The Labute approximate surface area is 155 Å². The van der Waals surface area contributed by atoms with Crippen LogP contribution in [0.2, 0.25) is 0 Å². The van der Waals surface area contributed by atoms with Crippen molar-refractivity contribution >= 4 is 24.8 Å². The first-order valence-electron chi connectivity index (χ1n) is 8.91. The Morgan fingerprint density at radius 1 is 1.37 bits per heavy atom. The molecular formula is C15H22N5O6P. The molecule has 0 aromatic carbocycles. The van der Waals surface area contributed by atoms with Crippen molar-refractivity contribution in [3.8, 4) is 0 Å². The number of unbranched alkanes of at least 4 members (excludes halogenated alkanes) is 2. The lowest BCUT2D eigenvalue weighted by Gasteiger charge is -2.27. The summed E-state index contributed by atoms with van der Waals surface area (Å²) in [6.07, 6.45) is 2.52. The van der Waals surface area contributed by atoms with Gasteiger partial charge in [0.2, 0.25) is 0 Å². The van der Waals surface area contributed by atoms with Crippen molar-refractivity contribution in [2.75, 3.05) is 18.5 Å². The molecule has 2 aromatic heterocycles. The first-order chi connectivity index (χ1) is 13.0. The highest BCUT2D eigenvalue weighted by molar-refractivity contribution is 7.47. The van der Waals surface area contributed by atoms with Crippen LogP contribution in [0.1, 0.15) is 32.4 Å². The van der Waals surface area contributed by atoms with Crippen molar-refractivity contribution in [3.63, 3.8) is 0 Å². The molecule has 2 aromatic rings. The highest BCUT2D eigenvalue weighted by Crippen LogP contribution is 2.52. The molecule has 4 rings (SSSR count). The summed E-state index contributed by atoms with van der Waals surface area (Å²) >= 11 is 0. The molecule has 2 saturated heterocycles. The standard InChI is InChI=1S/C15H22N5O6P/c1-2-3-4-5-16-13-10-14(18-7-17-13)20(8-19-10)15-11(21)12-9(25-15)6-24-27(22,23)26-12/h7-9,11-12,15,21H,2-6H2,1H3,(H,22,23)(H,16,17,18)/t9-,11-,12-,15-/m1/s1. The highest BCUT2D eigenvalue weighted by Gasteiger charge is 2.52. The van der Waals surface area contributed by atoms with Crippen LogP contribution in [0.25, 0.3) is 11.2 Å². The maximum Gasteiger partial charge on any atom is 0.472 e. The van der Waals surface area contributed by atoms with Crippen molar-refractivity contribution in [2.24, 2.45) is 0 Å². The predicted octanol–water partition coefficient (Wildman–Crippen LogP) is 1.20. The molecule has 12 heteroatoms. The number of aliphatic hydroxyl groups is 1. The molecule has 0 saturated carbocycles. The first-order valence-corrected chi connectivity index (χ1v) is 10.4. The molecule has 2 aliphatic rings. The number of hydrogen-bond acceptors (Lipinski definition) is 9. The average Bonchev–Trinajstić information content (AvgIpc) is 3.20. The summed E-state index contributed by atoms with van der Waals surface area (Å²) in [5.41, 5.74) is 1.04. The average molecular weight is 399 g/mol. The molecule has 11 nitrogen and oxygen atoms in total. The summed E-state index contributed by atoms with van der Waals surface area (Å²) in [6.45, 7) is 2.77. The summed E-state index contributed by atoms with van der Waals surface area (Å²) in [4.78, 5) is 22.3. The number of hydrogen-bond donors (Lipinski definition) is 3. The van der Waals surface area contributed by atoms with Gasteiger partial charge in [-0.05, 0) is 6.42 Å². The van der Waals surface area contributed by atoms with E-state index in [1.807, 2.05) is 0 Å². The number of rotatable bonds is 6. The monoisotopic (exact) mass is 399 g/mol. The van der Waals surface area contributed by atoms with Gasteiger partial charge in [0.15, 0.2) is 23.2 Å². The van der Waals surface area contributed by atoms with E-state index in [0.717, 1.165) is 25.8 Å². The van der Waals surface area contributed by atoms with E-state index in [1.165, 1.54) is 12.7 Å². The number of aromatic nitrogens is 4. The van der Waals surface area contributed by atoms with Gasteiger partial charge < -0.3 is 20.1 Å². The van der Waals surface area contributed by atoms with Crippen molar-refractivity contribution in [1.29, 1.82) is 0 Å². The minimum Gasteiger partial charge on any atom is -0.386 e. The Balaban J connectivity index is 1.57. The fourth-order valence-corrected chi connectivity index (χ4v) is 4.28. The van der Waals surface area contributed by atoms with E-state index in [2.05, 4.69) is 27.2 Å². The van der Waals surface area contributed by atoms with Crippen molar-refractivity contribution in [2.45, 2.75) is 50.7 Å². The van der Waals surface area contributed by atoms with Gasteiger partial charge in [-0.15, -0.1) is 0 Å². The quantitative estimate of drug-likeness (QED) is 0.479. The van der Waals surface area contributed by atoms with Gasteiger partial charge in [0, 0.05) is 6.54 Å². The summed E-state index contributed by atoms with van der Waals surface area (Å²) < 4.78 is 28.7. The van der Waals surface area contributed by atoms with E-state index in [9.17, 15) is 14.6 Å². The topological polar surface area (TPSA) is 141 Å². The van der Waals surface area contributed by atoms with Crippen LogP contribution in [-0.2, 0) is 18.3 Å². The number of phosphoric acid groups is 1. The largest absolute Gasteiger partial charge is 0.472 e. The van der Waals surface area contributed by atoms with Gasteiger partial charge >= 0.3 is 7.82 Å². The SMILES string of the molecule is CCCCCNc1ncnc2c1ncn2[C@@H]1O[C@@H]2COP(=O)(O)O[C@H]2[C@H]1O. The third-order valence-corrected chi connectivity index (χ3v) is 5.66. The van der Waals surface area contributed by atoms with E-state index < -0.39 is 32.4 Å². The van der Waals surface area contributed by atoms with Gasteiger partial charge in [-0.2, -0.15) is 0 Å². The van der Waals surface area contributed by atoms with E-state index in [-0.39, 0.29) is 6.61 Å². The number of nitrogens with zero attached hydrogens (tertiary/aromatic N) is 4. The second kappa shape index (κ2) is 7.42. The molecule has 5 atom stereocenters. The molecule has 0 radical (unpaired) electrons. The van der Waals surface area contributed by atoms with Gasteiger partial charge in [-0.1, -0.05) is 19.8 Å². The third-order valence-electron chi connectivity index (χ3n) is 4.67. The minimum absolute atomic E-state index is 0.141. The number of aliphatic hydroxyl groups excluding tert-OH is 1. The molecule has 148 valence electrons. The third kappa shape index (κ3) is 3.58. The lowest BCUT2D eigenvalue weighted by Crippen LogP contribution is -2.39. The second-order valence-corrected chi connectivity index (χ2v) is 7.98. The summed E-state index contributed by atoms with van der Waals surface area (Å²) in [5, 5.41) is 13.8. The Morgan fingerprint density at radius 2 is 2.22 bits per heavy atom. The molecular weight excluding hydrogens is 377 g/mol. The fourth-order valence-electron chi connectivity index (χ4n) is 3.31. The van der Waals surface area contributed by atoms with E-state index in [1.54, 1.807) is 4.57 Å². The molecule has 2 aliphatic heterocycles. The van der Waals surface area contributed by atoms with Crippen LogP contribution >= 0.6 is 7.82 Å². The van der Waals surface area contributed by atoms with Crippen LogP contribution in [0.15, 0.2) is 12.7 Å². The number of phosphoric ester groups is 1. The van der Waals surface area contributed by atoms with Crippen LogP contribution in [0.3, 0.4) is 0 Å². The molecule has 2 fully saturated rings. The number of imidazole rings is 1. The number of ether oxygens (including phenoxy) is 1. The first kappa shape index (κ1) is 18.7. The Morgan fingerprint density at radius 3 is 3.04 bits per heavy atom. The van der Waals surface area contributed by atoms with Gasteiger partial charge in [0.25, 0.3) is 0 Å². The molecule has 3 N–H and O–H groups in total. The van der Waals surface area contributed by atoms with Crippen LogP contribution in [-0.4, -0.2) is 61.0 Å². The zero-order chi connectivity index (χ0) is 19.0. The Bertz CT molecular complexity index is 862. The minimum atomic E-state index is -4.17. The fraction of sp³-hybridized carbons (Fsp3) is 0.667.